The smallest absolute Gasteiger partial charge is 0.256 e. The summed E-state index contributed by atoms with van der Waals surface area (Å²) in [6, 6.07) is 17.8. The third-order valence-corrected chi connectivity index (χ3v) is 5.30. The Morgan fingerprint density at radius 3 is 2.07 bits per heavy atom. The Labute approximate surface area is 170 Å². The van der Waals surface area contributed by atoms with Crippen molar-refractivity contribution < 1.29 is 14.3 Å². The van der Waals surface area contributed by atoms with Gasteiger partial charge in [-0.1, -0.05) is 18.2 Å². The number of para-hydroxylation sites is 1. The Kier molecular flexibility index (Phi) is 5.42. The standard InChI is InChI=1S/C23H25N3O3/c1-28-21-16-19(20(17-22(21)29-2)25-10-6-7-11-25)23(27)26-14-12-24(13-15-26)18-8-4-3-5-9-18/h3-11,16-17H,12-15H2,1-2H3. The molecule has 29 heavy (non-hydrogen) atoms. The topological polar surface area (TPSA) is 46.9 Å². The molecule has 6 heteroatoms. The van der Waals surface area contributed by atoms with Crippen molar-refractivity contribution in [2.45, 2.75) is 0 Å². The van der Waals surface area contributed by atoms with Crippen molar-refractivity contribution in [1.82, 2.24) is 9.47 Å². The predicted molar refractivity (Wildman–Crippen MR) is 113 cm³/mol. The SMILES string of the molecule is COc1cc(C(=O)N2CCN(c3ccccc3)CC2)c(-n2cccc2)cc1OC. The van der Waals surface area contributed by atoms with E-state index < -0.39 is 0 Å². The van der Waals surface area contributed by atoms with Gasteiger partial charge in [-0.25, -0.2) is 0 Å². The Hall–Kier alpha value is -3.41. The summed E-state index contributed by atoms with van der Waals surface area (Å²) in [4.78, 5) is 17.6. The van der Waals surface area contributed by atoms with E-state index in [1.165, 1.54) is 5.69 Å². The summed E-state index contributed by atoms with van der Waals surface area (Å²) in [6.07, 6.45) is 3.84. The number of hydrogen-bond acceptors (Lipinski definition) is 4. The number of hydrogen-bond donors (Lipinski definition) is 0. The molecule has 0 N–H and O–H groups in total. The van der Waals surface area contributed by atoms with Gasteiger partial charge in [-0.3, -0.25) is 4.79 Å². The summed E-state index contributed by atoms with van der Waals surface area (Å²) in [5.41, 5.74) is 2.58. The van der Waals surface area contributed by atoms with Gasteiger partial charge in [-0.05, 0) is 30.3 Å². The minimum absolute atomic E-state index is 0.00219. The molecule has 0 aliphatic carbocycles. The van der Waals surface area contributed by atoms with Crippen molar-refractivity contribution in [3.05, 3.63) is 72.6 Å². The van der Waals surface area contributed by atoms with E-state index >= 15 is 0 Å². The summed E-state index contributed by atoms with van der Waals surface area (Å²) in [6.45, 7) is 2.96. The number of aromatic nitrogens is 1. The molecule has 1 saturated heterocycles. The zero-order valence-corrected chi connectivity index (χ0v) is 16.7. The highest BCUT2D eigenvalue weighted by Gasteiger charge is 2.26. The third kappa shape index (κ3) is 3.78. The molecule has 1 aliphatic heterocycles. The third-order valence-electron chi connectivity index (χ3n) is 5.30. The van der Waals surface area contributed by atoms with Gasteiger partial charge in [0.05, 0.1) is 25.5 Å². The quantitative estimate of drug-likeness (QED) is 0.668. The van der Waals surface area contributed by atoms with Crippen LogP contribution >= 0.6 is 0 Å². The molecule has 1 amide bonds. The molecule has 0 radical (unpaired) electrons. The average Bonchev–Trinajstić information content (AvgIpc) is 3.33. The Balaban J connectivity index is 1.60. The molecular formula is C23H25N3O3. The Morgan fingerprint density at radius 1 is 0.828 bits per heavy atom. The average molecular weight is 391 g/mol. The number of nitrogens with zero attached hydrogens (tertiary/aromatic N) is 3. The molecule has 0 spiro atoms. The number of piperazine rings is 1. The Bertz CT molecular complexity index is 963. The van der Waals surface area contributed by atoms with E-state index in [0.717, 1.165) is 18.8 Å². The fourth-order valence-electron chi connectivity index (χ4n) is 3.73. The van der Waals surface area contributed by atoms with Gasteiger partial charge in [0.15, 0.2) is 11.5 Å². The van der Waals surface area contributed by atoms with Crippen LogP contribution in [-0.4, -0.2) is 55.8 Å². The number of anilines is 1. The van der Waals surface area contributed by atoms with Gasteiger partial charge < -0.3 is 23.8 Å². The van der Waals surface area contributed by atoms with E-state index in [1.54, 1.807) is 20.3 Å². The van der Waals surface area contributed by atoms with Crippen LogP contribution in [0.2, 0.25) is 0 Å². The van der Waals surface area contributed by atoms with Crippen LogP contribution in [0.4, 0.5) is 5.69 Å². The molecule has 3 aromatic rings. The van der Waals surface area contributed by atoms with E-state index in [-0.39, 0.29) is 5.91 Å². The molecule has 0 bridgehead atoms. The first-order valence-corrected chi connectivity index (χ1v) is 9.70. The molecule has 2 aromatic carbocycles. The van der Waals surface area contributed by atoms with Crippen LogP contribution in [-0.2, 0) is 0 Å². The number of ether oxygens (including phenoxy) is 2. The number of amides is 1. The van der Waals surface area contributed by atoms with Gasteiger partial charge in [0.2, 0.25) is 0 Å². The lowest BCUT2D eigenvalue weighted by Crippen LogP contribution is -2.49. The van der Waals surface area contributed by atoms with Gasteiger partial charge in [0.25, 0.3) is 5.91 Å². The largest absolute Gasteiger partial charge is 0.493 e. The van der Waals surface area contributed by atoms with Gasteiger partial charge in [-0.15, -0.1) is 0 Å². The first-order valence-electron chi connectivity index (χ1n) is 9.70. The summed E-state index contributed by atoms with van der Waals surface area (Å²) >= 11 is 0. The van der Waals surface area contributed by atoms with Gasteiger partial charge in [0.1, 0.15) is 0 Å². The normalized spacial score (nSPS) is 14.0. The minimum atomic E-state index is 0.00219. The van der Waals surface area contributed by atoms with E-state index in [9.17, 15) is 4.79 Å². The molecule has 2 heterocycles. The number of methoxy groups -OCH3 is 2. The molecule has 1 aliphatic rings. The van der Waals surface area contributed by atoms with Crippen LogP contribution < -0.4 is 14.4 Å². The summed E-state index contributed by atoms with van der Waals surface area (Å²) in [7, 11) is 3.18. The number of benzene rings is 2. The lowest BCUT2D eigenvalue weighted by Gasteiger charge is -2.36. The summed E-state index contributed by atoms with van der Waals surface area (Å²) in [5, 5.41) is 0. The minimum Gasteiger partial charge on any atom is -0.493 e. The maximum atomic E-state index is 13.4. The zero-order chi connectivity index (χ0) is 20.2. The maximum Gasteiger partial charge on any atom is 0.256 e. The maximum absolute atomic E-state index is 13.4. The monoisotopic (exact) mass is 391 g/mol. The molecule has 0 atom stereocenters. The van der Waals surface area contributed by atoms with Crippen LogP contribution in [0.3, 0.4) is 0 Å². The summed E-state index contributed by atoms with van der Waals surface area (Å²) in [5.74, 6) is 1.15. The molecule has 6 nitrogen and oxygen atoms in total. The van der Waals surface area contributed by atoms with Crippen molar-refractivity contribution in [1.29, 1.82) is 0 Å². The van der Waals surface area contributed by atoms with E-state index in [1.807, 2.05) is 58.3 Å². The van der Waals surface area contributed by atoms with E-state index in [0.29, 0.717) is 30.2 Å². The van der Waals surface area contributed by atoms with Crippen molar-refractivity contribution in [3.63, 3.8) is 0 Å². The highest BCUT2D eigenvalue weighted by atomic mass is 16.5. The molecule has 0 saturated carbocycles. The van der Waals surface area contributed by atoms with E-state index in [2.05, 4.69) is 17.0 Å². The molecule has 150 valence electrons. The fraction of sp³-hybridized carbons (Fsp3) is 0.261. The lowest BCUT2D eigenvalue weighted by atomic mass is 10.1. The van der Waals surface area contributed by atoms with Crippen LogP contribution in [0.15, 0.2) is 67.0 Å². The van der Waals surface area contributed by atoms with Crippen molar-refractivity contribution in [3.8, 4) is 17.2 Å². The van der Waals surface area contributed by atoms with Gasteiger partial charge in [0, 0.05) is 50.3 Å². The second kappa shape index (κ2) is 8.31. The van der Waals surface area contributed by atoms with Crippen molar-refractivity contribution >= 4 is 11.6 Å². The molecule has 1 fully saturated rings. The van der Waals surface area contributed by atoms with E-state index in [4.69, 9.17) is 9.47 Å². The van der Waals surface area contributed by atoms with Crippen molar-refractivity contribution in [2.75, 3.05) is 45.3 Å². The molecule has 1 aromatic heterocycles. The highest BCUT2D eigenvalue weighted by molar-refractivity contribution is 5.99. The van der Waals surface area contributed by atoms with Crippen LogP contribution in [0.25, 0.3) is 5.69 Å². The number of carbonyl (C=O) groups excluding carboxylic acids is 1. The number of rotatable bonds is 5. The van der Waals surface area contributed by atoms with Crippen LogP contribution in [0.5, 0.6) is 11.5 Å². The molecule has 0 unspecified atom stereocenters. The second-order valence-electron chi connectivity index (χ2n) is 6.93. The molecular weight excluding hydrogens is 366 g/mol. The highest BCUT2D eigenvalue weighted by Crippen LogP contribution is 2.33. The van der Waals surface area contributed by atoms with Crippen molar-refractivity contribution in [2.24, 2.45) is 0 Å². The Morgan fingerprint density at radius 2 is 1.45 bits per heavy atom. The van der Waals surface area contributed by atoms with Gasteiger partial charge >= 0.3 is 0 Å². The summed E-state index contributed by atoms with van der Waals surface area (Å²) < 4.78 is 12.8. The van der Waals surface area contributed by atoms with Crippen LogP contribution in [0, 0.1) is 0 Å². The first kappa shape index (κ1) is 18.9. The fourth-order valence-corrected chi connectivity index (χ4v) is 3.73. The van der Waals surface area contributed by atoms with Gasteiger partial charge in [-0.2, -0.15) is 0 Å². The number of carbonyl (C=O) groups is 1. The van der Waals surface area contributed by atoms with Crippen LogP contribution in [0.1, 0.15) is 10.4 Å². The first-order chi connectivity index (χ1) is 14.2. The predicted octanol–water partition coefficient (Wildman–Crippen LogP) is 3.46. The lowest BCUT2D eigenvalue weighted by molar-refractivity contribution is 0.0746. The second-order valence-corrected chi connectivity index (χ2v) is 6.93. The zero-order valence-electron chi connectivity index (χ0n) is 16.7. The molecule has 4 rings (SSSR count).